The fourth-order valence-corrected chi connectivity index (χ4v) is 4.12. The summed E-state index contributed by atoms with van der Waals surface area (Å²) in [7, 11) is -0.0668. The van der Waals surface area contributed by atoms with Gasteiger partial charge in [0, 0.05) is 17.2 Å². The van der Waals surface area contributed by atoms with E-state index in [1.165, 1.54) is 17.6 Å². The number of thiazole rings is 1. The van der Waals surface area contributed by atoms with Gasteiger partial charge in [0.15, 0.2) is 20.9 Å². The second-order valence-corrected chi connectivity index (χ2v) is 9.20. The Bertz CT molecular complexity index is 1130. The lowest BCUT2D eigenvalue weighted by Crippen LogP contribution is -2.29. The van der Waals surface area contributed by atoms with Gasteiger partial charge < -0.3 is 20.1 Å². The fourth-order valence-electron chi connectivity index (χ4n) is 2.77. The van der Waals surface area contributed by atoms with Crippen molar-refractivity contribution in [2.75, 3.05) is 25.8 Å². The summed E-state index contributed by atoms with van der Waals surface area (Å²) < 4.78 is 33.9. The molecule has 2 aromatic carbocycles. The number of nitrogens with one attached hydrogen (secondary N) is 3. The second kappa shape index (κ2) is 10.6. The molecule has 0 aliphatic rings. The molecule has 1 heterocycles. The standard InChI is InChI=1S/C20H22N4O4S2.BrH/c1-27-17-5-4-6-18(28-2)15(17)11-22-19(21)24-20-23-16(12-29-20)13-7-9-14(10-8-13)30(3,25)26;/h4-10,12H,11H2,1-3H3,(H3,21,22,23,24);1H. The van der Waals surface area contributed by atoms with Crippen molar-refractivity contribution in [3.05, 3.63) is 53.4 Å². The van der Waals surface area contributed by atoms with Gasteiger partial charge in [-0.3, -0.25) is 5.41 Å². The van der Waals surface area contributed by atoms with E-state index in [9.17, 15) is 8.42 Å². The largest absolute Gasteiger partial charge is 0.496 e. The van der Waals surface area contributed by atoms with Crippen LogP contribution in [0.3, 0.4) is 0 Å². The zero-order valence-corrected chi connectivity index (χ0v) is 20.5. The zero-order chi connectivity index (χ0) is 21.7. The molecule has 3 aromatic rings. The van der Waals surface area contributed by atoms with Gasteiger partial charge in [0.25, 0.3) is 0 Å². The molecule has 8 nitrogen and oxygen atoms in total. The minimum Gasteiger partial charge on any atom is -0.496 e. The topological polar surface area (TPSA) is 113 Å². The van der Waals surface area contributed by atoms with Crippen LogP contribution in [-0.4, -0.2) is 39.8 Å². The van der Waals surface area contributed by atoms with Crippen LogP contribution in [0.5, 0.6) is 11.5 Å². The van der Waals surface area contributed by atoms with Gasteiger partial charge in [0.05, 0.1) is 36.9 Å². The first-order valence-corrected chi connectivity index (χ1v) is 11.6. The molecule has 31 heavy (non-hydrogen) atoms. The Kier molecular flexibility index (Phi) is 8.43. The van der Waals surface area contributed by atoms with E-state index in [-0.39, 0.29) is 27.8 Å². The average Bonchev–Trinajstić information content (AvgIpc) is 3.19. The first-order valence-electron chi connectivity index (χ1n) is 8.87. The Morgan fingerprint density at radius 3 is 2.26 bits per heavy atom. The van der Waals surface area contributed by atoms with Crippen molar-refractivity contribution < 1.29 is 17.9 Å². The second-order valence-electron chi connectivity index (χ2n) is 6.33. The van der Waals surface area contributed by atoms with Crippen molar-refractivity contribution >= 4 is 49.2 Å². The average molecular weight is 527 g/mol. The van der Waals surface area contributed by atoms with Gasteiger partial charge in [0.1, 0.15) is 11.5 Å². The number of anilines is 1. The van der Waals surface area contributed by atoms with Crippen LogP contribution in [0.1, 0.15) is 5.56 Å². The van der Waals surface area contributed by atoms with Crippen LogP contribution in [0.2, 0.25) is 0 Å². The highest BCUT2D eigenvalue weighted by atomic mass is 79.9. The smallest absolute Gasteiger partial charge is 0.195 e. The van der Waals surface area contributed by atoms with E-state index in [0.717, 1.165) is 11.1 Å². The Morgan fingerprint density at radius 1 is 1.10 bits per heavy atom. The maximum atomic E-state index is 11.6. The predicted molar refractivity (Wildman–Crippen MR) is 129 cm³/mol. The lowest BCUT2D eigenvalue weighted by Gasteiger charge is -2.14. The number of hydrogen-bond donors (Lipinski definition) is 3. The Labute approximate surface area is 195 Å². The molecule has 0 saturated carbocycles. The number of halogens is 1. The molecule has 0 amide bonds. The maximum Gasteiger partial charge on any atom is 0.195 e. The number of aromatic nitrogens is 1. The highest BCUT2D eigenvalue weighted by molar-refractivity contribution is 8.93. The highest BCUT2D eigenvalue weighted by Gasteiger charge is 2.12. The van der Waals surface area contributed by atoms with E-state index in [4.69, 9.17) is 14.9 Å². The lowest BCUT2D eigenvalue weighted by molar-refractivity contribution is 0.384. The third-order valence-electron chi connectivity index (χ3n) is 4.29. The summed E-state index contributed by atoms with van der Waals surface area (Å²) in [5.41, 5.74) is 2.30. The van der Waals surface area contributed by atoms with E-state index >= 15 is 0 Å². The van der Waals surface area contributed by atoms with Crippen LogP contribution in [0.4, 0.5) is 5.13 Å². The van der Waals surface area contributed by atoms with Crippen LogP contribution in [0.25, 0.3) is 11.3 Å². The van der Waals surface area contributed by atoms with E-state index in [1.807, 2.05) is 23.6 Å². The van der Waals surface area contributed by atoms with Crippen molar-refractivity contribution in [3.63, 3.8) is 0 Å². The van der Waals surface area contributed by atoms with Gasteiger partial charge in [-0.2, -0.15) is 0 Å². The van der Waals surface area contributed by atoms with Crippen molar-refractivity contribution in [2.45, 2.75) is 11.4 Å². The van der Waals surface area contributed by atoms with Crippen molar-refractivity contribution in [3.8, 4) is 22.8 Å². The molecular weight excluding hydrogens is 504 g/mol. The maximum absolute atomic E-state index is 11.6. The fraction of sp³-hybridized carbons (Fsp3) is 0.200. The predicted octanol–water partition coefficient (Wildman–Crippen LogP) is 3.95. The van der Waals surface area contributed by atoms with E-state index in [2.05, 4.69) is 15.6 Å². The number of hydrogen-bond acceptors (Lipinski definition) is 7. The molecule has 3 rings (SSSR count). The van der Waals surface area contributed by atoms with Gasteiger partial charge in [-0.15, -0.1) is 28.3 Å². The van der Waals surface area contributed by atoms with Crippen molar-refractivity contribution in [1.82, 2.24) is 10.3 Å². The lowest BCUT2D eigenvalue weighted by atomic mass is 10.1. The van der Waals surface area contributed by atoms with E-state index in [0.29, 0.717) is 28.9 Å². The number of benzene rings is 2. The van der Waals surface area contributed by atoms with E-state index < -0.39 is 9.84 Å². The summed E-state index contributed by atoms with van der Waals surface area (Å²) in [5.74, 6) is 1.42. The zero-order valence-electron chi connectivity index (χ0n) is 17.1. The molecule has 11 heteroatoms. The molecule has 3 N–H and O–H groups in total. The summed E-state index contributed by atoms with van der Waals surface area (Å²) in [6.45, 7) is 0.338. The molecule has 0 radical (unpaired) electrons. The first-order chi connectivity index (χ1) is 14.3. The number of methoxy groups -OCH3 is 2. The summed E-state index contributed by atoms with van der Waals surface area (Å²) >= 11 is 1.35. The van der Waals surface area contributed by atoms with Gasteiger partial charge in [-0.25, -0.2) is 13.4 Å². The van der Waals surface area contributed by atoms with Crippen LogP contribution in [0, 0.1) is 5.41 Å². The Morgan fingerprint density at radius 2 is 1.71 bits per heavy atom. The molecule has 0 fully saturated rings. The summed E-state index contributed by atoms with van der Waals surface area (Å²) in [5, 5.41) is 16.4. The quantitative estimate of drug-likeness (QED) is 0.315. The number of sulfone groups is 1. The van der Waals surface area contributed by atoms with Gasteiger partial charge in [-0.05, 0) is 24.3 Å². The molecule has 1 aromatic heterocycles. The van der Waals surface area contributed by atoms with Gasteiger partial charge in [0.2, 0.25) is 0 Å². The Balaban J connectivity index is 0.00000341. The third kappa shape index (κ3) is 6.18. The summed E-state index contributed by atoms with van der Waals surface area (Å²) in [6, 6.07) is 12.0. The van der Waals surface area contributed by atoms with E-state index in [1.54, 1.807) is 38.5 Å². The van der Waals surface area contributed by atoms with Gasteiger partial charge in [-0.1, -0.05) is 18.2 Å². The number of rotatable bonds is 7. The monoisotopic (exact) mass is 526 g/mol. The number of guanidine groups is 1. The highest BCUT2D eigenvalue weighted by Crippen LogP contribution is 2.28. The van der Waals surface area contributed by atoms with Crippen LogP contribution >= 0.6 is 28.3 Å². The summed E-state index contributed by atoms with van der Waals surface area (Å²) in [4.78, 5) is 4.72. The summed E-state index contributed by atoms with van der Waals surface area (Å²) in [6.07, 6.45) is 1.17. The molecule has 166 valence electrons. The molecule has 0 aliphatic heterocycles. The van der Waals surface area contributed by atoms with Crippen LogP contribution in [0.15, 0.2) is 52.7 Å². The van der Waals surface area contributed by atoms with Crippen LogP contribution in [-0.2, 0) is 16.4 Å². The SMILES string of the molecule is Br.COc1cccc(OC)c1CNC(=N)Nc1nc(-c2ccc(S(C)(=O)=O)cc2)cs1. The molecule has 0 spiro atoms. The van der Waals surface area contributed by atoms with Crippen molar-refractivity contribution in [2.24, 2.45) is 0 Å². The molecule has 0 bridgehead atoms. The minimum atomic E-state index is -3.24. The van der Waals surface area contributed by atoms with Gasteiger partial charge >= 0.3 is 0 Å². The minimum absolute atomic E-state index is 0. The first kappa shape index (κ1) is 24.6. The normalized spacial score (nSPS) is 10.7. The molecule has 0 atom stereocenters. The number of ether oxygens (including phenoxy) is 2. The van der Waals surface area contributed by atoms with Crippen molar-refractivity contribution in [1.29, 1.82) is 5.41 Å². The number of nitrogens with zero attached hydrogens (tertiary/aromatic N) is 1. The molecule has 0 unspecified atom stereocenters. The Hall–Kier alpha value is -2.63. The molecule has 0 saturated heterocycles. The molecular formula is C20H23BrN4O4S2. The third-order valence-corrected chi connectivity index (χ3v) is 6.17. The molecule has 0 aliphatic carbocycles. The van der Waals surface area contributed by atoms with Crippen LogP contribution < -0.4 is 20.1 Å².